The number of hydrogen-bond acceptors (Lipinski definition) is 10. The number of hydrogen-bond donors (Lipinski definition) is 5. The molecule has 6 rings (SSSR count). The third-order valence-corrected chi connectivity index (χ3v) is 9.33. The van der Waals surface area contributed by atoms with Gasteiger partial charge in [-0.15, -0.1) is 11.3 Å². The van der Waals surface area contributed by atoms with Crippen LogP contribution in [0.4, 0.5) is 5.69 Å². The van der Waals surface area contributed by atoms with Crippen LogP contribution >= 0.6 is 11.3 Å². The molecule has 1 fully saturated rings. The van der Waals surface area contributed by atoms with Crippen LogP contribution in [0.3, 0.4) is 0 Å². The van der Waals surface area contributed by atoms with Gasteiger partial charge in [0.2, 0.25) is 5.91 Å². The van der Waals surface area contributed by atoms with Gasteiger partial charge in [0.05, 0.1) is 28.0 Å². The second kappa shape index (κ2) is 11.2. The van der Waals surface area contributed by atoms with Gasteiger partial charge in [0, 0.05) is 28.7 Å². The third kappa shape index (κ3) is 4.92. The number of nitrogens with one attached hydrogen (secondary N) is 2. The van der Waals surface area contributed by atoms with Crippen LogP contribution in [-0.4, -0.2) is 39.6 Å². The van der Waals surface area contributed by atoms with E-state index in [-0.39, 0.29) is 28.7 Å². The number of rotatable bonds is 7. The first-order valence-electron chi connectivity index (χ1n) is 14.0. The highest BCUT2D eigenvalue weighted by Gasteiger charge is 2.50. The lowest BCUT2D eigenvalue weighted by atomic mass is 9.73. The molecule has 0 radical (unpaired) electrons. The summed E-state index contributed by atoms with van der Waals surface area (Å²) in [5, 5.41) is 6.54. The maximum Gasteiger partial charge on any atom is 0.262 e. The molecule has 2 aromatic heterocycles. The second-order valence-electron chi connectivity index (χ2n) is 10.7. The third-order valence-electron chi connectivity index (χ3n) is 8.07. The van der Waals surface area contributed by atoms with Crippen LogP contribution in [0.1, 0.15) is 58.3 Å². The number of para-hydroxylation sites is 1. The number of nitrogens with zero attached hydrogens (tertiary/aromatic N) is 2. The molecule has 1 saturated carbocycles. The average Bonchev–Trinajstić information content (AvgIpc) is 3.43. The molecular formula is C31H31N7O4S. The summed E-state index contributed by atoms with van der Waals surface area (Å²) in [5.74, 6) is -0.218. The van der Waals surface area contributed by atoms with E-state index in [9.17, 15) is 14.4 Å². The van der Waals surface area contributed by atoms with Crippen molar-refractivity contribution >= 4 is 44.7 Å². The van der Waals surface area contributed by atoms with Crippen molar-refractivity contribution in [3.8, 4) is 11.5 Å². The number of amides is 2. The van der Waals surface area contributed by atoms with Gasteiger partial charge in [0.1, 0.15) is 5.75 Å². The van der Waals surface area contributed by atoms with Crippen LogP contribution < -0.4 is 32.6 Å². The van der Waals surface area contributed by atoms with Crippen molar-refractivity contribution in [2.45, 2.75) is 49.3 Å². The number of anilines is 1. The molecule has 11 nitrogen and oxygen atoms in total. The molecule has 2 aliphatic carbocycles. The predicted molar refractivity (Wildman–Crippen MR) is 164 cm³/mol. The maximum absolute atomic E-state index is 14.0. The minimum atomic E-state index is -1.79. The molecule has 2 aromatic carbocycles. The molecule has 0 spiro atoms. The van der Waals surface area contributed by atoms with E-state index in [4.69, 9.17) is 21.9 Å². The number of ether oxygens (including phenoxy) is 1. The molecule has 0 aliphatic heterocycles. The highest BCUT2D eigenvalue weighted by atomic mass is 32.1. The van der Waals surface area contributed by atoms with Crippen molar-refractivity contribution in [1.82, 2.24) is 20.6 Å². The molecule has 2 heterocycles. The van der Waals surface area contributed by atoms with Crippen molar-refractivity contribution in [3.05, 3.63) is 89.3 Å². The number of carbonyl (C=O) groups excluding carboxylic acids is 3. The number of aromatic nitrogens is 2. The fourth-order valence-corrected chi connectivity index (χ4v) is 7.13. The first-order valence-corrected chi connectivity index (χ1v) is 14.8. The minimum Gasteiger partial charge on any atom is -0.454 e. The summed E-state index contributed by atoms with van der Waals surface area (Å²) < 4.78 is 6.39. The quantitative estimate of drug-likeness (QED) is 0.157. The second-order valence-corrected chi connectivity index (χ2v) is 11.8. The zero-order valence-corrected chi connectivity index (χ0v) is 24.0. The van der Waals surface area contributed by atoms with Gasteiger partial charge in [-0.2, -0.15) is 0 Å². The van der Waals surface area contributed by atoms with Gasteiger partial charge in [-0.3, -0.25) is 14.4 Å². The molecule has 43 heavy (non-hydrogen) atoms. The van der Waals surface area contributed by atoms with E-state index >= 15 is 0 Å². The van der Waals surface area contributed by atoms with E-state index < -0.39 is 23.3 Å². The van der Waals surface area contributed by atoms with Gasteiger partial charge < -0.3 is 32.6 Å². The number of ketones is 1. The first kappa shape index (κ1) is 28.5. The standard InChI is InChI=1S/C31H31N7O4S/c1-2-22(39)37-20-10-6-7-11-21(20)38-29(41)27-24-23-18(12-13-19(32)26(23)43-27)31(34,28(40)25(24)33)30-35-14-17(15-36-30)42-16-8-4-3-5-9-16/h2-5,8-9,12-15,20-21,25H,1,6-7,10-11,32-34H2,(H,37,39)(H,38,41)/t20-,21+,25?,31?/m0/s1. The van der Waals surface area contributed by atoms with Crippen LogP contribution in [0.15, 0.2) is 67.5 Å². The molecule has 0 bridgehead atoms. The number of nitrogen functional groups attached to an aromatic ring is 1. The molecule has 2 amide bonds. The number of Topliss-reactive ketones (excluding diaryl/α,β-unsaturated/α-hetero) is 1. The van der Waals surface area contributed by atoms with E-state index in [0.717, 1.165) is 30.6 Å². The Hall–Kier alpha value is -4.65. The molecule has 8 N–H and O–H groups in total. The summed E-state index contributed by atoms with van der Waals surface area (Å²) in [4.78, 5) is 48.9. The lowest BCUT2D eigenvalue weighted by Crippen LogP contribution is -2.54. The van der Waals surface area contributed by atoms with Crippen molar-refractivity contribution < 1.29 is 19.1 Å². The summed E-state index contributed by atoms with van der Waals surface area (Å²) in [7, 11) is 0. The van der Waals surface area contributed by atoms with Gasteiger partial charge in [0.15, 0.2) is 22.9 Å². The monoisotopic (exact) mass is 597 g/mol. The van der Waals surface area contributed by atoms with Gasteiger partial charge in [0.25, 0.3) is 5.91 Å². The van der Waals surface area contributed by atoms with E-state index in [1.807, 2.05) is 18.2 Å². The van der Waals surface area contributed by atoms with Gasteiger partial charge in [-0.25, -0.2) is 9.97 Å². The summed E-state index contributed by atoms with van der Waals surface area (Å²) >= 11 is 1.16. The molecule has 0 saturated heterocycles. The van der Waals surface area contributed by atoms with Gasteiger partial charge in [-0.05, 0) is 42.7 Å². The number of benzene rings is 2. The summed E-state index contributed by atoms with van der Waals surface area (Å²) in [6, 6.07) is 10.7. The predicted octanol–water partition coefficient (Wildman–Crippen LogP) is 3.19. The highest BCUT2D eigenvalue weighted by molar-refractivity contribution is 7.21. The molecule has 220 valence electrons. The summed E-state index contributed by atoms with van der Waals surface area (Å²) in [6.45, 7) is 3.52. The zero-order chi connectivity index (χ0) is 30.3. The first-order chi connectivity index (χ1) is 20.7. The van der Waals surface area contributed by atoms with Crippen molar-refractivity contribution in [3.63, 3.8) is 0 Å². The normalized spacial score (nSPS) is 23.0. The van der Waals surface area contributed by atoms with Crippen molar-refractivity contribution in [2.75, 3.05) is 5.73 Å². The fraction of sp³-hybridized carbons (Fsp3) is 0.258. The molecule has 12 heteroatoms. The summed E-state index contributed by atoms with van der Waals surface area (Å²) in [6.07, 6.45) is 7.37. The molecular weight excluding hydrogens is 566 g/mol. The van der Waals surface area contributed by atoms with E-state index in [1.165, 1.54) is 18.5 Å². The number of carbonyl (C=O) groups is 3. The highest BCUT2D eigenvalue weighted by Crippen LogP contribution is 2.49. The van der Waals surface area contributed by atoms with E-state index in [0.29, 0.717) is 44.8 Å². The van der Waals surface area contributed by atoms with Gasteiger partial charge in [-0.1, -0.05) is 43.7 Å². The number of nitrogens with two attached hydrogens (primary N) is 3. The molecule has 4 aromatic rings. The summed E-state index contributed by atoms with van der Waals surface area (Å²) in [5.41, 5.74) is 19.2. The van der Waals surface area contributed by atoms with Crippen molar-refractivity contribution in [2.24, 2.45) is 11.5 Å². The maximum atomic E-state index is 14.0. The number of thiophene rings is 1. The van der Waals surface area contributed by atoms with E-state index in [1.54, 1.807) is 24.3 Å². The molecule has 4 atom stereocenters. The Labute approximate surface area is 251 Å². The fourth-order valence-electron chi connectivity index (χ4n) is 5.93. The van der Waals surface area contributed by atoms with Crippen LogP contribution in [0.5, 0.6) is 11.5 Å². The Balaban J connectivity index is 1.37. The molecule has 2 unspecified atom stereocenters. The smallest absolute Gasteiger partial charge is 0.262 e. The van der Waals surface area contributed by atoms with E-state index in [2.05, 4.69) is 27.2 Å². The lowest BCUT2D eigenvalue weighted by Gasteiger charge is -2.35. The van der Waals surface area contributed by atoms with Crippen LogP contribution in [0.25, 0.3) is 10.1 Å². The zero-order valence-electron chi connectivity index (χ0n) is 23.2. The van der Waals surface area contributed by atoms with Crippen LogP contribution in [0.2, 0.25) is 0 Å². The Kier molecular flexibility index (Phi) is 7.42. The Morgan fingerprint density at radius 1 is 1.02 bits per heavy atom. The van der Waals surface area contributed by atoms with Crippen LogP contribution in [0, 0.1) is 0 Å². The Morgan fingerprint density at radius 2 is 1.70 bits per heavy atom. The topological polar surface area (TPSA) is 188 Å². The largest absolute Gasteiger partial charge is 0.454 e. The Bertz CT molecular complexity index is 1740. The average molecular weight is 598 g/mol. The minimum absolute atomic E-state index is 0.0466. The lowest BCUT2D eigenvalue weighted by molar-refractivity contribution is -0.125. The van der Waals surface area contributed by atoms with Crippen LogP contribution in [-0.2, 0) is 15.1 Å². The Morgan fingerprint density at radius 3 is 2.37 bits per heavy atom. The SMILES string of the molecule is C=CC(=O)N[C@H]1CCCC[C@H]1NC(=O)c1sc2c(N)ccc3c2c1C(N)C(=O)C3(N)c1ncc(Oc2ccccc2)cn1. The van der Waals surface area contributed by atoms with Gasteiger partial charge >= 0.3 is 0 Å². The molecule has 2 aliphatic rings. The van der Waals surface area contributed by atoms with Crippen molar-refractivity contribution in [1.29, 1.82) is 0 Å².